The van der Waals surface area contributed by atoms with Gasteiger partial charge in [-0.25, -0.2) is 8.42 Å². The van der Waals surface area contributed by atoms with E-state index in [1.54, 1.807) is 12.1 Å². The SMILES string of the molecule is O=S1(=O)C[C@@H](Cl)[C@@H](Sc2ccc(Cl)cc2)C1. The molecule has 0 N–H and O–H groups in total. The predicted octanol–water partition coefficient (Wildman–Crippen LogP) is 2.84. The van der Waals surface area contributed by atoms with Crippen LogP contribution in [-0.2, 0) is 9.84 Å². The highest BCUT2D eigenvalue weighted by Crippen LogP contribution is 2.34. The van der Waals surface area contributed by atoms with Gasteiger partial charge in [-0.15, -0.1) is 23.4 Å². The molecule has 16 heavy (non-hydrogen) atoms. The molecule has 2 rings (SSSR count). The summed E-state index contributed by atoms with van der Waals surface area (Å²) >= 11 is 13.3. The van der Waals surface area contributed by atoms with Crippen LogP contribution in [0.1, 0.15) is 0 Å². The molecule has 1 fully saturated rings. The summed E-state index contributed by atoms with van der Waals surface area (Å²) in [5, 5.41) is 0.310. The molecular formula is C10H10Cl2O2S2. The molecule has 0 spiro atoms. The van der Waals surface area contributed by atoms with Crippen LogP contribution >= 0.6 is 35.0 Å². The first-order valence-electron chi connectivity index (χ1n) is 4.73. The van der Waals surface area contributed by atoms with Gasteiger partial charge in [0.05, 0.1) is 16.9 Å². The number of halogens is 2. The van der Waals surface area contributed by atoms with Gasteiger partial charge in [0.15, 0.2) is 9.84 Å². The van der Waals surface area contributed by atoms with Gasteiger partial charge >= 0.3 is 0 Å². The third-order valence-electron chi connectivity index (χ3n) is 2.34. The maximum atomic E-state index is 11.4. The summed E-state index contributed by atoms with van der Waals surface area (Å²) in [5.41, 5.74) is 0. The van der Waals surface area contributed by atoms with E-state index in [0.717, 1.165) is 4.90 Å². The number of alkyl halides is 1. The van der Waals surface area contributed by atoms with Crippen LogP contribution in [0.2, 0.25) is 5.02 Å². The van der Waals surface area contributed by atoms with Crippen LogP contribution in [0.25, 0.3) is 0 Å². The monoisotopic (exact) mass is 296 g/mol. The lowest BCUT2D eigenvalue weighted by molar-refractivity contribution is 0.602. The molecule has 2 nitrogen and oxygen atoms in total. The summed E-state index contributed by atoms with van der Waals surface area (Å²) in [6, 6.07) is 7.33. The minimum absolute atomic E-state index is 0.0622. The van der Waals surface area contributed by atoms with Crippen LogP contribution in [0.5, 0.6) is 0 Å². The summed E-state index contributed by atoms with van der Waals surface area (Å²) in [6.07, 6.45) is 0. The summed E-state index contributed by atoms with van der Waals surface area (Å²) in [6.45, 7) is 0. The first-order valence-corrected chi connectivity index (χ1v) is 8.24. The topological polar surface area (TPSA) is 34.1 Å². The molecule has 1 aliphatic heterocycles. The summed E-state index contributed by atoms with van der Waals surface area (Å²) in [7, 11) is -2.95. The first kappa shape index (κ1) is 12.6. The lowest BCUT2D eigenvalue weighted by atomic mass is 10.4. The van der Waals surface area contributed by atoms with E-state index in [-0.39, 0.29) is 22.1 Å². The third kappa shape index (κ3) is 3.06. The minimum atomic E-state index is -2.95. The zero-order valence-corrected chi connectivity index (χ0v) is 11.4. The molecule has 0 bridgehead atoms. The molecule has 1 heterocycles. The van der Waals surface area contributed by atoms with E-state index in [0.29, 0.717) is 5.02 Å². The largest absolute Gasteiger partial charge is 0.229 e. The van der Waals surface area contributed by atoms with E-state index < -0.39 is 9.84 Å². The van der Waals surface area contributed by atoms with Crippen molar-refractivity contribution >= 4 is 44.8 Å². The van der Waals surface area contributed by atoms with Gasteiger partial charge in [-0.2, -0.15) is 0 Å². The van der Waals surface area contributed by atoms with Crippen LogP contribution in [0, 0.1) is 0 Å². The summed E-state index contributed by atoms with van der Waals surface area (Å²) < 4.78 is 22.8. The van der Waals surface area contributed by atoms with Crippen molar-refractivity contribution in [2.45, 2.75) is 15.5 Å². The molecule has 0 unspecified atom stereocenters. The van der Waals surface area contributed by atoms with Crippen molar-refractivity contribution in [3.05, 3.63) is 29.3 Å². The van der Waals surface area contributed by atoms with Gasteiger partial charge in [0.1, 0.15) is 0 Å². The van der Waals surface area contributed by atoms with Crippen molar-refractivity contribution in [1.82, 2.24) is 0 Å². The van der Waals surface area contributed by atoms with Crippen molar-refractivity contribution in [3.8, 4) is 0 Å². The van der Waals surface area contributed by atoms with Gasteiger partial charge in [-0.05, 0) is 24.3 Å². The van der Waals surface area contributed by atoms with E-state index in [2.05, 4.69) is 0 Å². The highest BCUT2D eigenvalue weighted by atomic mass is 35.5. The Morgan fingerprint density at radius 2 is 1.81 bits per heavy atom. The number of benzene rings is 1. The summed E-state index contributed by atoms with van der Waals surface area (Å²) in [5.74, 6) is 0.244. The molecule has 2 atom stereocenters. The number of thioether (sulfide) groups is 1. The maximum absolute atomic E-state index is 11.4. The van der Waals surface area contributed by atoms with Crippen molar-refractivity contribution in [2.75, 3.05) is 11.5 Å². The Bertz CT molecular complexity index is 470. The molecule has 1 saturated heterocycles. The Hall–Kier alpha value is 0.1000. The van der Waals surface area contributed by atoms with E-state index in [9.17, 15) is 8.42 Å². The minimum Gasteiger partial charge on any atom is -0.229 e. The standard InChI is InChI=1S/C10H10Cl2O2S2/c11-7-1-3-8(4-2-7)15-10-6-16(13,14)5-9(10)12/h1-4,9-10H,5-6H2/t9-,10+/m1/s1. The lowest BCUT2D eigenvalue weighted by Crippen LogP contribution is -2.13. The molecule has 0 radical (unpaired) electrons. The molecule has 1 aliphatic rings. The molecule has 0 aliphatic carbocycles. The van der Waals surface area contributed by atoms with Crippen molar-refractivity contribution in [3.63, 3.8) is 0 Å². The second-order valence-corrected chi connectivity index (χ2v) is 8.17. The van der Waals surface area contributed by atoms with Gasteiger partial charge in [0.2, 0.25) is 0 Å². The fourth-order valence-electron chi connectivity index (χ4n) is 1.57. The molecule has 0 amide bonds. The van der Waals surface area contributed by atoms with E-state index in [1.165, 1.54) is 11.8 Å². The number of rotatable bonds is 2. The van der Waals surface area contributed by atoms with E-state index in [1.807, 2.05) is 12.1 Å². The third-order valence-corrected chi connectivity index (χ3v) is 6.67. The molecular weight excluding hydrogens is 287 g/mol. The van der Waals surface area contributed by atoms with Crippen LogP contribution in [0.4, 0.5) is 0 Å². The number of hydrogen-bond donors (Lipinski definition) is 0. The molecule has 6 heteroatoms. The van der Waals surface area contributed by atoms with Gasteiger partial charge in [-0.1, -0.05) is 11.6 Å². The molecule has 1 aromatic rings. The highest BCUT2D eigenvalue weighted by Gasteiger charge is 2.36. The molecule has 0 saturated carbocycles. The van der Waals surface area contributed by atoms with Crippen molar-refractivity contribution in [1.29, 1.82) is 0 Å². The van der Waals surface area contributed by atoms with Crippen molar-refractivity contribution < 1.29 is 8.42 Å². The fraction of sp³-hybridized carbons (Fsp3) is 0.400. The number of sulfone groups is 1. The zero-order valence-electron chi connectivity index (χ0n) is 8.27. The van der Waals surface area contributed by atoms with Crippen LogP contribution < -0.4 is 0 Å². The Morgan fingerprint density at radius 3 is 2.31 bits per heavy atom. The highest BCUT2D eigenvalue weighted by molar-refractivity contribution is 8.02. The van der Waals surface area contributed by atoms with E-state index in [4.69, 9.17) is 23.2 Å². The van der Waals surface area contributed by atoms with Gasteiger partial charge in [0.25, 0.3) is 0 Å². The summed E-state index contributed by atoms with van der Waals surface area (Å²) in [4.78, 5) is 0.997. The number of hydrogen-bond acceptors (Lipinski definition) is 3. The smallest absolute Gasteiger partial charge is 0.152 e. The van der Waals surface area contributed by atoms with Crippen molar-refractivity contribution in [2.24, 2.45) is 0 Å². The Morgan fingerprint density at radius 1 is 1.19 bits per heavy atom. The zero-order chi connectivity index (χ0) is 11.8. The second kappa shape index (κ2) is 4.77. The Balaban J connectivity index is 2.08. The lowest BCUT2D eigenvalue weighted by Gasteiger charge is -2.11. The molecule has 0 aromatic heterocycles. The van der Waals surface area contributed by atoms with Crippen LogP contribution in [0.3, 0.4) is 0 Å². The van der Waals surface area contributed by atoms with Gasteiger partial charge < -0.3 is 0 Å². The molecule has 88 valence electrons. The van der Waals surface area contributed by atoms with Gasteiger partial charge in [-0.3, -0.25) is 0 Å². The first-order chi connectivity index (χ1) is 7.46. The second-order valence-electron chi connectivity index (χ2n) is 3.70. The average Bonchev–Trinajstić information content (AvgIpc) is 2.44. The predicted molar refractivity (Wildman–Crippen MR) is 69.4 cm³/mol. The maximum Gasteiger partial charge on any atom is 0.152 e. The van der Waals surface area contributed by atoms with Crippen LogP contribution in [-0.4, -0.2) is 30.6 Å². The molecule has 1 aromatic carbocycles. The normalized spacial score (nSPS) is 28.1. The average molecular weight is 297 g/mol. The fourth-order valence-corrected chi connectivity index (χ4v) is 6.11. The van der Waals surface area contributed by atoms with Crippen LogP contribution in [0.15, 0.2) is 29.2 Å². The quantitative estimate of drug-likeness (QED) is 0.787. The Kier molecular flexibility index (Phi) is 3.74. The Labute approximate surface area is 109 Å². The van der Waals surface area contributed by atoms with E-state index >= 15 is 0 Å². The van der Waals surface area contributed by atoms with Gasteiger partial charge in [0, 0.05) is 15.2 Å².